The summed E-state index contributed by atoms with van der Waals surface area (Å²) in [5.41, 5.74) is 6.72. The molecule has 2 aromatic rings. The third-order valence-corrected chi connectivity index (χ3v) is 2.06. The smallest absolute Gasteiger partial charge is 0.233 e. The minimum atomic E-state index is -0.118. The van der Waals surface area contributed by atoms with Crippen LogP contribution in [0.25, 0.3) is 5.78 Å². The van der Waals surface area contributed by atoms with Gasteiger partial charge in [0.05, 0.1) is 18.3 Å². The molecule has 2 N–H and O–H groups in total. The number of nitrogens with two attached hydrogens (primary N) is 1. The molecule has 0 atom stereocenters. The number of carbonyl (C=O) groups excluding carboxylic acids is 1. The van der Waals surface area contributed by atoms with Gasteiger partial charge in [0.1, 0.15) is 0 Å². The highest BCUT2D eigenvalue weighted by Crippen LogP contribution is 2.05. The van der Waals surface area contributed by atoms with Crippen LogP contribution in [0.3, 0.4) is 0 Å². The number of carbonyl (C=O) groups is 1. The number of ketones is 1. The lowest BCUT2D eigenvalue weighted by molar-refractivity contribution is 0.100. The topological polar surface area (TPSA) is 73.3 Å². The second-order valence-corrected chi connectivity index (χ2v) is 3.04. The summed E-state index contributed by atoms with van der Waals surface area (Å²) in [5, 5.41) is 0. The van der Waals surface area contributed by atoms with Gasteiger partial charge in [0.15, 0.2) is 5.78 Å². The maximum atomic E-state index is 11.3. The molecule has 2 rings (SSSR count). The number of aromatic nitrogens is 3. The van der Waals surface area contributed by atoms with Crippen LogP contribution in [0.1, 0.15) is 16.1 Å². The van der Waals surface area contributed by atoms with Crippen molar-refractivity contribution in [2.75, 3.05) is 6.54 Å². The van der Waals surface area contributed by atoms with Crippen LogP contribution in [0.4, 0.5) is 0 Å². The van der Waals surface area contributed by atoms with E-state index in [4.69, 9.17) is 5.73 Å². The third-order valence-electron chi connectivity index (χ3n) is 2.06. The maximum absolute atomic E-state index is 11.3. The summed E-state index contributed by atoms with van der Waals surface area (Å²) in [5.74, 6) is 0.476. The fraction of sp³-hybridized carbons (Fsp3) is 0.222. The summed E-state index contributed by atoms with van der Waals surface area (Å²) in [6.45, 7) is 1.90. The van der Waals surface area contributed by atoms with Crippen LogP contribution in [-0.2, 0) is 0 Å². The molecule has 0 fully saturated rings. The highest BCUT2D eigenvalue weighted by molar-refractivity contribution is 5.97. The van der Waals surface area contributed by atoms with Gasteiger partial charge in [-0.2, -0.15) is 0 Å². The number of imidazole rings is 1. The minimum Gasteiger partial charge on any atom is -0.324 e. The Labute approximate surface area is 80.6 Å². The summed E-state index contributed by atoms with van der Waals surface area (Å²) in [6.07, 6.45) is 4.91. The van der Waals surface area contributed by atoms with E-state index in [2.05, 4.69) is 9.97 Å². The molecular formula is C9H10N4O. The summed E-state index contributed by atoms with van der Waals surface area (Å²) < 4.78 is 1.77. The molecule has 0 radical (unpaired) electrons. The molecule has 2 heterocycles. The van der Waals surface area contributed by atoms with Crippen LogP contribution in [0.2, 0.25) is 0 Å². The monoisotopic (exact) mass is 190 g/mol. The van der Waals surface area contributed by atoms with Crippen molar-refractivity contribution in [3.63, 3.8) is 0 Å². The van der Waals surface area contributed by atoms with Crippen LogP contribution in [0.5, 0.6) is 0 Å². The molecule has 0 saturated carbocycles. The van der Waals surface area contributed by atoms with E-state index >= 15 is 0 Å². The van der Waals surface area contributed by atoms with E-state index in [0.717, 1.165) is 5.69 Å². The summed E-state index contributed by atoms with van der Waals surface area (Å²) in [6, 6.07) is 0. The normalized spacial score (nSPS) is 10.7. The maximum Gasteiger partial charge on any atom is 0.233 e. The average Bonchev–Trinajstić information content (AvgIpc) is 2.59. The van der Waals surface area contributed by atoms with Crippen molar-refractivity contribution in [1.29, 1.82) is 0 Å². The van der Waals surface area contributed by atoms with E-state index in [0.29, 0.717) is 11.3 Å². The van der Waals surface area contributed by atoms with Gasteiger partial charge in [0.25, 0.3) is 0 Å². The first-order valence-electron chi connectivity index (χ1n) is 4.25. The van der Waals surface area contributed by atoms with Crippen molar-refractivity contribution in [1.82, 2.24) is 14.4 Å². The van der Waals surface area contributed by atoms with E-state index < -0.39 is 0 Å². The molecule has 5 heteroatoms. The van der Waals surface area contributed by atoms with E-state index in [1.165, 1.54) is 6.20 Å². The van der Waals surface area contributed by atoms with Crippen LogP contribution < -0.4 is 5.73 Å². The SMILES string of the molecule is Cc1cnc2ncc(C(=O)CN)cn12. The van der Waals surface area contributed by atoms with Gasteiger partial charge in [-0.1, -0.05) is 0 Å². The number of nitrogens with zero attached hydrogens (tertiary/aromatic N) is 3. The van der Waals surface area contributed by atoms with Crippen molar-refractivity contribution in [3.8, 4) is 0 Å². The molecule has 0 aromatic carbocycles. The van der Waals surface area contributed by atoms with Gasteiger partial charge in [-0.05, 0) is 6.92 Å². The van der Waals surface area contributed by atoms with Crippen LogP contribution >= 0.6 is 0 Å². The minimum absolute atomic E-state index is 0.000924. The number of aryl methyl sites for hydroxylation is 1. The first kappa shape index (κ1) is 8.83. The van der Waals surface area contributed by atoms with Gasteiger partial charge in [-0.25, -0.2) is 9.97 Å². The Bertz CT molecular complexity index is 489. The molecule has 0 bridgehead atoms. The van der Waals surface area contributed by atoms with Gasteiger partial charge in [0.2, 0.25) is 5.78 Å². The van der Waals surface area contributed by atoms with Crippen LogP contribution in [-0.4, -0.2) is 26.7 Å². The first-order chi connectivity index (χ1) is 6.72. The molecule has 2 aromatic heterocycles. The lowest BCUT2D eigenvalue weighted by atomic mass is 10.2. The molecule has 0 aliphatic heterocycles. The molecule has 0 unspecified atom stereocenters. The lowest BCUT2D eigenvalue weighted by Gasteiger charge is -1.99. The van der Waals surface area contributed by atoms with Crippen molar-refractivity contribution in [3.05, 3.63) is 29.8 Å². The van der Waals surface area contributed by atoms with Gasteiger partial charge in [-0.3, -0.25) is 9.20 Å². The van der Waals surface area contributed by atoms with E-state index in [1.807, 2.05) is 6.92 Å². The molecule has 5 nitrogen and oxygen atoms in total. The highest BCUT2D eigenvalue weighted by atomic mass is 16.1. The third kappa shape index (κ3) is 1.27. The van der Waals surface area contributed by atoms with Crippen LogP contribution in [0, 0.1) is 6.92 Å². The van der Waals surface area contributed by atoms with Crippen LogP contribution in [0.15, 0.2) is 18.6 Å². The quantitative estimate of drug-likeness (QED) is 0.685. The zero-order chi connectivity index (χ0) is 10.1. The zero-order valence-corrected chi connectivity index (χ0v) is 7.77. The number of hydrogen-bond acceptors (Lipinski definition) is 4. The number of rotatable bonds is 2. The Morgan fingerprint density at radius 2 is 2.21 bits per heavy atom. The first-order valence-corrected chi connectivity index (χ1v) is 4.25. The summed E-state index contributed by atoms with van der Waals surface area (Å²) in [7, 11) is 0. The molecule has 0 spiro atoms. The molecule has 0 saturated heterocycles. The summed E-state index contributed by atoms with van der Waals surface area (Å²) in [4.78, 5) is 19.4. The predicted molar refractivity (Wildman–Crippen MR) is 51.1 cm³/mol. The average molecular weight is 190 g/mol. The zero-order valence-electron chi connectivity index (χ0n) is 7.77. The highest BCUT2D eigenvalue weighted by Gasteiger charge is 2.06. The van der Waals surface area contributed by atoms with Crippen molar-refractivity contribution in [2.24, 2.45) is 5.73 Å². The van der Waals surface area contributed by atoms with E-state index in [9.17, 15) is 4.79 Å². The number of hydrogen-bond donors (Lipinski definition) is 1. The standard InChI is InChI=1S/C9H10N4O/c1-6-3-11-9-12-4-7(5-13(6)9)8(14)2-10/h3-5H,2,10H2,1H3. The fourth-order valence-corrected chi connectivity index (χ4v) is 1.25. The summed E-state index contributed by atoms with van der Waals surface area (Å²) >= 11 is 0. The second kappa shape index (κ2) is 3.19. The van der Waals surface area contributed by atoms with E-state index in [1.54, 1.807) is 16.8 Å². The molecule has 14 heavy (non-hydrogen) atoms. The largest absolute Gasteiger partial charge is 0.324 e. The Hall–Kier alpha value is -1.75. The second-order valence-electron chi connectivity index (χ2n) is 3.04. The van der Waals surface area contributed by atoms with Crippen molar-refractivity contribution in [2.45, 2.75) is 6.92 Å². The molecule has 72 valence electrons. The van der Waals surface area contributed by atoms with Gasteiger partial charge in [0, 0.05) is 18.1 Å². The number of Topliss-reactive ketones (excluding diaryl/α,β-unsaturated/α-hetero) is 1. The Morgan fingerprint density at radius 3 is 2.93 bits per heavy atom. The number of fused-ring (bicyclic) bond motifs is 1. The Morgan fingerprint density at radius 1 is 1.50 bits per heavy atom. The Kier molecular flexibility index (Phi) is 2.01. The van der Waals surface area contributed by atoms with Crippen molar-refractivity contribution >= 4 is 11.6 Å². The van der Waals surface area contributed by atoms with Gasteiger partial charge in [-0.15, -0.1) is 0 Å². The fourth-order valence-electron chi connectivity index (χ4n) is 1.25. The van der Waals surface area contributed by atoms with Gasteiger partial charge >= 0.3 is 0 Å². The van der Waals surface area contributed by atoms with Gasteiger partial charge < -0.3 is 5.73 Å². The van der Waals surface area contributed by atoms with Crippen molar-refractivity contribution < 1.29 is 4.79 Å². The molecule has 0 aliphatic rings. The van der Waals surface area contributed by atoms with E-state index in [-0.39, 0.29) is 12.3 Å². The predicted octanol–water partition coefficient (Wildman–Crippen LogP) is 0.179. The lowest BCUT2D eigenvalue weighted by Crippen LogP contribution is -2.14. The molecular weight excluding hydrogens is 180 g/mol. The molecule has 0 aliphatic carbocycles. The molecule has 0 amide bonds. The Balaban J connectivity index is 2.60.